The number of benzene rings is 2. The number of ether oxygens (including phenoxy) is 1. The highest BCUT2D eigenvalue weighted by Gasteiger charge is 2.13. The Morgan fingerprint density at radius 1 is 1.19 bits per heavy atom. The number of fused-ring (bicyclic) bond motifs is 1. The first-order valence-electron chi connectivity index (χ1n) is 7.80. The zero-order valence-corrected chi connectivity index (χ0v) is 14.5. The van der Waals surface area contributed by atoms with Crippen LogP contribution >= 0.6 is 11.6 Å². The molecule has 0 unspecified atom stereocenters. The van der Waals surface area contributed by atoms with Gasteiger partial charge in [-0.15, -0.1) is 0 Å². The van der Waals surface area contributed by atoms with Crippen LogP contribution in [0.5, 0.6) is 5.75 Å². The molecule has 0 aliphatic rings. The Morgan fingerprint density at radius 2 is 2.04 bits per heavy atom. The van der Waals surface area contributed by atoms with Crippen LogP contribution in [-0.4, -0.2) is 26.9 Å². The molecule has 26 heavy (non-hydrogen) atoms. The Labute approximate surface area is 153 Å². The van der Waals surface area contributed by atoms with Gasteiger partial charge >= 0.3 is 0 Å². The molecule has 4 aromatic rings. The first-order valence-corrected chi connectivity index (χ1v) is 8.17. The molecule has 0 atom stereocenters. The minimum Gasteiger partial charge on any atom is -0.497 e. The number of aromatic nitrogens is 4. The van der Waals surface area contributed by atoms with Crippen molar-refractivity contribution in [2.75, 3.05) is 12.4 Å². The number of methoxy groups -OCH3 is 1. The zero-order valence-electron chi connectivity index (χ0n) is 13.7. The van der Waals surface area contributed by atoms with Gasteiger partial charge in [0, 0.05) is 11.8 Å². The highest BCUT2D eigenvalue weighted by atomic mass is 35.5. The van der Waals surface area contributed by atoms with Crippen molar-refractivity contribution in [3.8, 4) is 11.7 Å². The van der Waals surface area contributed by atoms with E-state index in [2.05, 4.69) is 20.4 Å². The second kappa shape index (κ2) is 6.53. The van der Waals surface area contributed by atoms with Gasteiger partial charge in [0.1, 0.15) is 10.8 Å². The standard InChI is InChI=1S/C18H14ClN5O2/c1-26-12-6-4-5-11(9-12)21-15-10-20-24(17(25)16(15)19)18-22-13-7-2-3-8-14(13)23-18/h2-10,21H,1H3,(H,22,23). The second-order valence-corrected chi connectivity index (χ2v) is 5.90. The van der Waals surface area contributed by atoms with E-state index >= 15 is 0 Å². The smallest absolute Gasteiger partial charge is 0.295 e. The first-order chi connectivity index (χ1) is 12.7. The molecule has 130 valence electrons. The topological polar surface area (TPSA) is 84.8 Å². The zero-order chi connectivity index (χ0) is 18.1. The van der Waals surface area contributed by atoms with E-state index in [0.29, 0.717) is 17.4 Å². The molecule has 2 aromatic carbocycles. The van der Waals surface area contributed by atoms with Gasteiger partial charge in [-0.2, -0.15) is 9.78 Å². The molecule has 0 radical (unpaired) electrons. The maximum absolute atomic E-state index is 12.6. The average molecular weight is 368 g/mol. The fourth-order valence-corrected chi connectivity index (χ4v) is 2.74. The maximum Gasteiger partial charge on any atom is 0.295 e. The highest BCUT2D eigenvalue weighted by Crippen LogP contribution is 2.24. The van der Waals surface area contributed by atoms with Crippen LogP contribution in [0.25, 0.3) is 17.0 Å². The molecule has 0 aliphatic carbocycles. The number of nitrogens with one attached hydrogen (secondary N) is 2. The van der Waals surface area contributed by atoms with E-state index in [1.165, 1.54) is 6.20 Å². The Morgan fingerprint density at radius 3 is 2.85 bits per heavy atom. The SMILES string of the molecule is COc1cccc(Nc2cnn(-c3nc4ccccc4[nH]3)c(=O)c2Cl)c1. The summed E-state index contributed by atoms with van der Waals surface area (Å²) in [7, 11) is 1.59. The van der Waals surface area contributed by atoms with E-state index in [4.69, 9.17) is 16.3 Å². The Hall–Kier alpha value is -3.32. The fourth-order valence-electron chi connectivity index (χ4n) is 2.57. The van der Waals surface area contributed by atoms with Crippen molar-refractivity contribution in [1.29, 1.82) is 0 Å². The number of rotatable bonds is 4. The molecular formula is C18H14ClN5O2. The molecule has 0 amide bonds. The van der Waals surface area contributed by atoms with E-state index in [1.807, 2.05) is 42.5 Å². The highest BCUT2D eigenvalue weighted by molar-refractivity contribution is 6.33. The molecule has 4 rings (SSSR count). The Balaban J connectivity index is 1.71. The van der Waals surface area contributed by atoms with Crippen LogP contribution in [-0.2, 0) is 0 Å². The van der Waals surface area contributed by atoms with Crippen molar-refractivity contribution >= 4 is 34.0 Å². The van der Waals surface area contributed by atoms with E-state index < -0.39 is 5.56 Å². The van der Waals surface area contributed by atoms with Crippen molar-refractivity contribution in [1.82, 2.24) is 19.7 Å². The van der Waals surface area contributed by atoms with Crippen LogP contribution in [0.1, 0.15) is 0 Å². The fraction of sp³-hybridized carbons (Fsp3) is 0.0556. The van der Waals surface area contributed by atoms with Gasteiger partial charge < -0.3 is 15.0 Å². The summed E-state index contributed by atoms with van der Waals surface area (Å²) in [4.78, 5) is 20.1. The van der Waals surface area contributed by atoms with Crippen molar-refractivity contribution in [2.45, 2.75) is 0 Å². The van der Waals surface area contributed by atoms with Gasteiger partial charge in [0.15, 0.2) is 0 Å². The van der Waals surface area contributed by atoms with Gasteiger partial charge in [-0.25, -0.2) is 4.98 Å². The van der Waals surface area contributed by atoms with Crippen molar-refractivity contribution in [2.24, 2.45) is 0 Å². The van der Waals surface area contributed by atoms with Crippen molar-refractivity contribution in [3.05, 3.63) is 70.1 Å². The quantitative estimate of drug-likeness (QED) is 0.576. The molecule has 2 N–H and O–H groups in total. The van der Waals surface area contributed by atoms with Crippen LogP contribution in [0.3, 0.4) is 0 Å². The summed E-state index contributed by atoms with van der Waals surface area (Å²) in [5.41, 5.74) is 2.21. The molecule has 0 saturated heterocycles. The maximum atomic E-state index is 12.6. The summed E-state index contributed by atoms with van der Waals surface area (Å²) < 4.78 is 6.32. The van der Waals surface area contributed by atoms with Gasteiger partial charge in [0.2, 0.25) is 5.95 Å². The van der Waals surface area contributed by atoms with E-state index in [0.717, 1.165) is 21.4 Å². The normalized spacial score (nSPS) is 10.8. The third kappa shape index (κ3) is 2.89. The largest absolute Gasteiger partial charge is 0.497 e. The minimum atomic E-state index is -0.474. The lowest BCUT2D eigenvalue weighted by molar-refractivity contribution is 0.415. The molecule has 0 bridgehead atoms. The summed E-state index contributed by atoms with van der Waals surface area (Å²) >= 11 is 6.26. The van der Waals surface area contributed by atoms with Crippen LogP contribution < -0.4 is 15.6 Å². The number of para-hydroxylation sites is 2. The summed E-state index contributed by atoms with van der Waals surface area (Å²) in [5.74, 6) is 1.00. The number of aromatic amines is 1. The summed E-state index contributed by atoms with van der Waals surface area (Å²) in [6, 6.07) is 14.8. The first kappa shape index (κ1) is 16.2. The summed E-state index contributed by atoms with van der Waals surface area (Å²) in [5, 5.41) is 7.27. The summed E-state index contributed by atoms with van der Waals surface area (Å²) in [6.07, 6.45) is 1.48. The van der Waals surface area contributed by atoms with Crippen LogP contribution in [0, 0.1) is 0 Å². The van der Waals surface area contributed by atoms with Gasteiger partial charge in [-0.05, 0) is 24.3 Å². The van der Waals surface area contributed by atoms with E-state index in [1.54, 1.807) is 13.2 Å². The Bertz CT molecular complexity index is 1120. The number of anilines is 2. The van der Waals surface area contributed by atoms with Crippen molar-refractivity contribution < 1.29 is 4.74 Å². The van der Waals surface area contributed by atoms with Gasteiger partial charge in [-0.1, -0.05) is 29.8 Å². The van der Waals surface area contributed by atoms with Crippen LogP contribution in [0.15, 0.2) is 59.5 Å². The summed E-state index contributed by atoms with van der Waals surface area (Å²) in [6.45, 7) is 0. The predicted molar refractivity (Wildman–Crippen MR) is 101 cm³/mol. The van der Waals surface area contributed by atoms with Gasteiger partial charge in [0.25, 0.3) is 5.56 Å². The number of hydrogen-bond donors (Lipinski definition) is 2. The average Bonchev–Trinajstić information content (AvgIpc) is 3.09. The molecular weight excluding hydrogens is 354 g/mol. The third-order valence-corrected chi connectivity index (χ3v) is 4.21. The Kier molecular flexibility index (Phi) is 4.06. The van der Waals surface area contributed by atoms with E-state index in [-0.39, 0.29) is 5.02 Å². The molecule has 0 spiro atoms. The molecule has 2 aromatic heterocycles. The monoisotopic (exact) mass is 367 g/mol. The number of imidazole rings is 1. The number of H-pyrrole nitrogens is 1. The van der Waals surface area contributed by atoms with Gasteiger partial charge in [-0.3, -0.25) is 4.79 Å². The lowest BCUT2D eigenvalue weighted by atomic mass is 10.3. The third-order valence-electron chi connectivity index (χ3n) is 3.85. The molecule has 0 aliphatic heterocycles. The molecule has 2 heterocycles. The number of hydrogen-bond acceptors (Lipinski definition) is 5. The number of nitrogens with zero attached hydrogens (tertiary/aromatic N) is 3. The second-order valence-electron chi connectivity index (χ2n) is 5.52. The molecule has 7 nitrogen and oxygen atoms in total. The number of halogens is 1. The predicted octanol–water partition coefficient (Wildman–Crippen LogP) is 3.51. The van der Waals surface area contributed by atoms with Crippen molar-refractivity contribution in [3.63, 3.8) is 0 Å². The molecule has 8 heteroatoms. The molecule has 0 fully saturated rings. The van der Waals surface area contributed by atoms with Crippen LogP contribution in [0.4, 0.5) is 11.4 Å². The molecule has 0 saturated carbocycles. The van der Waals surface area contributed by atoms with Crippen LogP contribution in [0.2, 0.25) is 5.02 Å². The minimum absolute atomic E-state index is 0.0169. The van der Waals surface area contributed by atoms with E-state index in [9.17, 15) is 4.79 Å². The lowest BCUT2D eigenvalue weighted by Crippen LogP contribution is -2.23. The lowest BCUT2D eigenvalue weighted by Gasteiger charge is -2.10. The van der Waals surface area contributed by atoms with Gasteiger partial charge in [0.05, 0.1) is 30.0 Å².